The van der Waals surface area contributed by atoms with E-state index < -0.39 is 10.0 Å². The van der Waals surface area contributed by atoms with E-state index in [1.54, 1.807) is 31.5 Å². The van der Waals surface area contributed by atoms with Crippen LogP contribution in [0.15, 0.2) is 47.3 Å². The molecule has 0 saturated carbocycles. The van der Waals surface area contributed by atoms with Gasteiger partial charge in [0.25, 0.3) is 0 Å². The molecule has 0 aliphatic carbocycles. The minimum atomic E-state index is -3.35. The third-order valence-corrected chi connectivity index (χ3v) is 4.84. The molecule has 0 aliphatic rings. The second kappa shape index (κ2) is 6.21. The molecule has 2 rings (SSSR count). The lowest BCUT2D eigenvalue weighted by Gasteiger charge is -2.16. The fraction of sp³-hybridized carbons (Fsp3) is 0.286. The Balaban J connectivity index is 2.05. The first kappa shape index (κ1) is 14.8. The van der Waals surface area contributed by atoms with Gasteiger partial charge in [0, 0.05) is 25.7 Å². The van der Waals surface area contributed by atoms with E-state index in [-0.39, 0.29) is 5.75 Å². The summed E-state index contributed by atoms with van der Waals surface area (Å²) in [5, 5.41) is 0. The molecule has 0 fully saturated rings. The highest BCUT2D eigenvalue weighted by Gasteiger charge is 2.19. The topological polar surface area (TPSA) is 76.5 Å². The van der Waals surface area contributed by atoms with Crippen LogP contribution in [-0.4, -0.2) is 19.8 Å². The van der Waals surface area contributed by atoms with Gasteiger partial charge in [-0.2, -0.15) is 0 Å². The number of rotatable bonds is 6. The van der Waals surface area contributed by atoms with E-state index in [0.29, 0.717) is 13.1 Å². The molecule has 0 bridgehead atoms. The maximum absolute atomic E-state index is 12.3. The zero-order chi connectivity index (χ0) is 14.6. The number of nitrogens with two attached hydrogens (primary N) is 1. The molecular weight excluding hydrogens is 276 g/mol. The van der Waals surface area contributed by atoms with Crippen LogP contribution in [0.2, 0.25) is 0 Å². The zero-order valence-corrected chi connectivity index (χ0v) is 12.1. The average Bonchev–Trinajstić information content (AvgIpc) is 2.92. The molecule has 108 valence electrons. The minimum Gasteiger partial charge on any atom is -0.472 e. The minimum absolute atomic E-state index is 0.0216. The number of sulfonamides is 1. The van der Waals surface area contributed by atoms with Crippen LogP contribution in [0.5, 0.6) is 0 Å². The van der Waals surface area contributed by atoms with Gasteiger partial charge in [0.15, 0.2) is 0 Å². The van der Waals surface area contributed by atoms with Gasteiger partial charge in [-0.25, -0.2) is 12.7 Å². The highest BCUT2D eigenvalue weighted by Crippen LogP contribution is 2.14. The SMILES string of the molecule is CN(Cc1ccoc1)S(=O)(=O)Cc1ccc(CN)cc1. The zero-order valence-electron chi connectivity index (χ0n) is 11.3. The fourth-order valence-corrected chi connectivity index (χ4v) is 3.01. The van der Waals surface area contributed by atoms with Crippen LogP contribution < -0.4 is 5.73 Å². The number of hydrogen-bond donors (Lipinski definition) is 1. The average molecular weight is 294 g/mol. The predicted molar refractivity (Wildman–Crippen MR) is 77.1 cm³/mol. The Morgan fingerprint density at radius 3 is 2.30 bits per heavy atom. The molecule has 1 aromatic carbocycles. The van der Waals surface area contributed by atoms with Crippen molar-refractivity contribution in [2.45, 2.75) is 18.8 Å². The Bertz CT molecular complexity index is 634. The van der Waals surface area contributed by atoms with Crippen LogP contribution >= 0.6 is 0 Å². The standard InChI is InChI=1S/C14H18N2O3S/c1-16(9-14-6-7-19-10-14)20(17,18)11-13-4-2-12(8-15)3-5-13/h2-7,10H,8-9,11,15H2,1H3. The molecule has 20 heavy (non-hydrogen) atoms. The number of benzene rings is 1. The summed E-state index contributed by atoms with van der Waals surface area (Å²) in [4.78, 5) is 0. The van der Waals surface area contributed by atoms with Gasteiger partial charge in [-0.3, -0.25) is 0 Å². The molecule has 0 atom stereocenters. The predicted octanol–water partition coefficient (Wildman–Crippen LogP) is 1.70. The molecule has 0 spiro atoms. The Kier molecular flexibility index (Phi) is 4.59. The van der Waals surface area contributed by atoms with Crippen LogP contribution in [0.1, 0.15) is 16.7 Å². The number of hydrogen-bond acceptors (Lipinski definition) is 4. The summed E-state index contributed by atoms with van der Waals surface area (Å²) in [6, 6.07) is 9.04. The van der Waals surface area contributed by atoms with Crippen molar-refractivity contribution in [1.29, 1.82) is 0 Å². The summed E-state index contributed by atoms with van der Waals surface area (Å²) >= 11 is 0. The third kappa shape index (κ3) is 3.69. The van der Waals surface area contributed by atoms with Crippen LogP contribution in [0.4, 0.5) is 0 Å². The van der Waals surface area contributed by atoms with Crippen molar-refractivity contribution < 1.29 is 12.8 Å². The molecule has 1 heterocycles. The number of furan rings is 1. The lowest BCUT2D eigenvalue weighted by atomic mass is 10.1. The molecule has 0 unspecified atom stereocenters. The van der Waals surface area contributed by atoms with E-state index in [1.165, 1.54) is 10.6 Å². The van der Waals surface area contributed by atoms with Crippen molar-refractivity contribution in [3.63, 3.8) is 0 Å². The van der Waals surface area contributed by atoms with Gasteiger partial charge in [0.05, 0.1) is 18.3 Å². The second-order valence-electron chi connectivity index (χ2n) is 4.66. The Morgan fingerprint density at radius 1 is 1.10 bits per heavy atom. The van der Waals surface area contributed by atoms with E-state index in [0.717, 1.165) is 16.7 Å². The number of nitrogens with zero attached hydrogens (tertiary/aromatic N) is 1. The van der Waals surface area contributed by atoms with E-state index in [1.807, 2.05) is 12.1 Å². The fourth-order valence-electron chi connectivity index (χ4n) is 1.83. The normalized spacial score (nSPS) is 11.9. The van der Waals surface area contributed by atoms with E-state index >= 15 is 0 Å². The lowest BCUT2D eigenvalue weighted by molar-refractivity contribution is 0.462. The first-order valence-corrected chi connectivity index (χ1v) is 7.85. The van der Waals surface area contributed by atoms with Crippen LogP contribution in [-0.2, 0) is 28.9 Å². The van der Waals surface area contributed by atoms with Gasteiger partial charge < -0.3 is 10.2 Å². The summed E-state index contributed by atoms with van der Waals surface area (Å²) < 4.78 is 30.8. The smallest absolute Gasteiger partial charge is 0.218 e. The molecule has 0 saturated heterocycles. The van der Waals surface area contributed by atoms with Gasteiger partial charge >= 0.3 is 0 Å². The first-order chi connectivity index (χ1) is 9.51. The van der Waals surface area contributed by atoms with Crippen molar-refractivity contribution in [2.24, 2.45) is 5.73 Å². The summed E-state index contributed by atoms with van der Waals surface area (Å²) in [7, 11) is -1.78. The molecule has 2 aromatic rings. The largest absolute Gasteiger partial charge is 0.472 e. The van der Waals surface area contributed by atoms with E-state index in [9.17, 15) is 8.42 Å². The molecule has 5 nitrogen and oxygen atoms in total. The van der Waals surface area contributed by atoms with Crippen LogP contribution in [0, 0.1) is 0 Å². The molecule has 0 radical (unpaired) electrons. The van der Waals surface area contributed by atoms with Gasteiger partial charge in [0.2, 0.25) is 10.0 Å². The highest BCUT2D eigenvalue weighted by atomic mass is 32.2. The first-order valence-electron chi connectivity index (χ1n) is 6.24. The summed E-state index contributed by atoms with van der Waals surface area (Å²) in [6.07, 6.45) is 3.07. The maximum Gasteiger partial charge on any atom is 0.218 e. The molecular formula is C14H18N2O3S. The van der Waals surface area contributed by atoms with Crippen molar-refractivity contribution in [3.05, 3.63) is 59.5 Å². The van der Waals surface area contributed by atoms with E-state index in [2.05, 4.69) is 0 Å². The molecule has 0 aliphatic heterocycles. The quantitative estimate of drug-likeness (QED) is 0.879. The van der Waals surface area contributed by atoms with Crippen molar-refractivity contribution in [1.82, 2.24) is 4.31 Å². The molecule has 6 heteroatoms. The summed E-state index contributed by atoms with van der Waals surface area (Å²) in [5.41, 5.74) is 8.08. The molecule has 2 N–H and O–H groups in total. The summed E-state index contributed by atoms with van der Waals surface area (Å²) in [5.74, 6) is -0.0216. The van der Waals surface area contributed by atoms with Crippen molar-refractivity contribution in [2.75, 3.05) is 7.05 Å². The van der Waals surface area contributed by atoms with E-state index in [4.69, 9.17) is 10.2 Å². The molecule has 0 amide bonds. The second-order valence-corrected chi connectivity index (χ2v) is 6.74. The lowest BCUT2D eigenvalue weighted by Crippen LogP contribution is -2.27. The van der Waals surface area contributed by atoms with Crippen molar-refractivity contribution in [3.8, 4) is 0 Å². The third-order valence-electron chi connectivity index (χ3n) is 3.07. The molecule has 1 aromatic heterocycles. The maximum atomic E-state index is 12.3. The Hall–Kier alpha value is -1.63. The van der Waals surface area contributed by atoms with Crippen LogP contribution in [0.25, 0.3) is 0 Å². The van der Waals surface area contributed by atoms with Gasteiger partial charge in [-0.15, -0.1) is 0 Å². The monoisotopic (exact) mass is 294 g/mol. The van der Waals surface area contributed by atoms with Gasteiger partial charge in [-0.1, -0.05) is 24.3 Å². The highest BCUT2D eigenvalue weighted by molar-refractivity contribution is 7.88. The van der Waals surface area contributed by atoms with Crippen LogP contribution in [0.3, 0.4) is 0 Å². The van der Waals surface area contributed by atoms with Crippen molar-refractivity contribution >= 4 is 10.0 Å². The Morgan fingerprint density at radius 2 is 1.75 bits per heavy atom. The Labute approximate surface area is 119 Å². The van der Waals surface area contributed by atoms with Gasteiger partial charge in [-0.05, 0) is 17.2 Å². The summed E-state index contributed by atoms with van der Waals surface area (Å²) in [6.45, 7) is 0.757. The van der Waals surface area contributed by atoms with Gasteiger partial charge in [0.1, 0.15) is 0 Å².